The molecule has 16 heteroatoms. The fourth-order valence-electron chi connectivity index (χ4n) is 3.06. The summed E-state index contributed by atoms with van der Waals surface area (Å²) in [5, 5.41) is 9.29. The molecule has 0 aliphatic carbocycles. The van der Waals surface area contributed by atoms with Crippen molar-refractivity contribution in [1.29, 1.82) is 0 Å². The van der Waals surface area contributed by atoms with E-state index >= 15 is 0 Å². The van der Waals surface area contributed by atoms with Crippen molar-refractivity contribution in [1.82, 2.24) is 0 Å². The molecule has 1 aliphatic heterocycles. The third-order valence-electron chi connectivity index (χ3n) is 4.82. The Balaban J connectivity index is 0.000000926. The highest BCUT2D eigenvalue weighted by Gasteiger charge is 2.37. The number of rotatable bonds is 10. The number of cyclic esters (lactones) is 1. The molecule has 38 heavy (non-hydrogen) atoms. The number of sulfone groups is 2. The molecule has 0 fully saturated rings. The molecule has 1 unspecified atom stereocenters. The van der Waals surface area contributed by atoms with E-state index in [-0.39, 0.29) is 47.6 Å². The predicted octanol–water partition coefficient (Wildman–Crippen LogP) is 0.818. The average molecular weight is 595 g/mol. The van der Waals surface area contributed by atoms with Gasteiger partial charge in [0.05, 0.1) is 9.79 Å². The SMILES string of the molecule is CS(=O)(=O)c1ccc(COC2=C(OCc3ccc(S(C)(=O)=O)cc3)C(CCO)OC2=O)cc1.O=P(O)(O)O. The fraction of sp³-hybridized carbons (Fsp3) is 0.318. The first-order valence-corrected chi connectivity index (χ1v) is 16.0. The van der Waals surface area contributed by atoms with Crippen molar-refractivity contribution in [3.05, 3.63) is 71.2 Å². The first kappa shape index (κ1) is 31.4. The second-order valence-electron chi connectivity index (χ2n) is 8.02. The van der Waals surface area contributed by atoms with Gasteiger partial charge in [-0.2, -0.15) is 0 Å². The second-order valence-corrected chi connectivity index (χ2v) is 13.1. The fourth-order valence-corrected chi connectivity index (χ4v) is 4.32. The summed E-state index contributed by atoms with van der Waals surface area (Å²) in [7, 11) is -11.3. The summed E-state index contributed by atoms with van der Waals surface area (Å²) in [5.41, 5.74) is 1.29. The number of benzene rings is 2. The summed E-state index contributed by atoms with van der Waals surface area (Å²) in [5.74, 6) is -0.731. The summed E-state index contributed by atoms with van der Waals surface area (Å²) >= 11 is 0. The number of aliphatic hydroxyl groups excluding tert-OH is 1. The molecule has 2 aromatic carbocycles. The highest BCUT2D eigenvalue weighted by atomic mass is 32.2. The molecule has 4 N–H and O–H groups in total. The number of hydrogen-bond acceptors (Lipinski definition) is 10. The molecule has 1 aliphatic rings. The highest BCUT2D eigenvalue weighted by Crippen LogP contribution is 2.29. The minimum absolute atomic E-state index is 0.0217. The molecular formula is C22H27O13PS2. The van der Waals surface area contributed by atoms with Gasteiger partial charge in [-0.1, -0.05) is 24.3 Å². The zero-order chi connectivity index (χ0) is 28.7. The summed E-state index contributed by atoms with van der Waals surface area (Å²) in [6, 6.07) is 12.2. The van der Waals surface area contributed by atoms with Crippen molar-refractivity contribution in [2.45, 2.75) is 35.5 Å². The largest absolute Gasteiger partial charge is 0.485 e. The van der Waals surface area contributed by atoms with E-state index in [2.05, 4.69) is 0 Å². The lowest BCUT2D eigenvalue weighted by Gasteiger charge is -2.14. The average Bonchev–Trinajstić information content (AvgIpc) is 3.08. The van der Waals surface area contributed by atoms with E-state index in [4.69, 9.17) is 33.5 Å². The van der Waals surface area contributed by atoms with Crippen LogP contribution in [0.4, 0.5) is 0 Å². The van der Waals surface area contributed by atoms with Crippen LogP contribution in [0.1, 0.15) is 17.5 Å². The molecule has 0 amide bonds. The van der Waals surface area contributed by atoms with E-state index in [0.29, 0.717) is 11.1 Å². The number of hydrogen-bond donors (Lipinski definition) is 4. The molecule has 2 aromatic rings. The van der Waals surface area contributed by atoms with Crippen LogP contribution in [0, 0.1) is 0 Å². The van der Waals surface area contributed by atoms with Gasteiger partial charge in [0.2, 0.25) is 5.76 Å². The maximum atomic E-state index is 12.3. The minimum Gasteiger partial charge on any atom is -0.485 e. The topological polar surface area (TPSA) is 211 Å². The van der Waals surface area contributed by atoms with Crippen molar-refractivity contribution >= 4 is 33.5 Å². The Morgan fingerprint density at radius 3 is 1.58 bits per heavy atom. The normalized spacial score (nSPS) is 15.9. The van der Waals surface area contributed by atoms with Gasteiger partial charge in [0.15, 0.2) is 31.5 Å². The molecule has 0 saturated heterocycles. The Morgan fingerprint density at radius 1 is 0.816 bits per heavy atom. The van der Waals surface area contributed by atoms with Gasteiger partial charge in [-0.05, 0) is 35.4 Å². The van der Waals surface area contributed by atoms with Gasteiger partial charge in [-0.3, -0.25) is 0 Å². The molecule has 210 valence electrons. The van der Waals surface area contributed by atoms with Gasteiger partial charge >= 0.3 is 13.8 Å². The van der Waals surface area contributed by atoms with E-state index < -0.39 is 39.6 Å². The van der Waals surface area contributed by atoms with Gasteiger partial charge in [-0.25, -0.2) is 26.2 Å². The van der Waals surface area contributed by atoms with Crippen molar-refractivity contribution in [3.8, 4) is 0 Å². The molecule has 3 rings (SSSR count). The molecule has 1 heterocycles. The summed E-state index contributed by atoms with van der Waals surface area (Å²) in [4.78, 5) is 34.2. The number of phosphoric acid groups is 1. The third-order valence-corrected chi connectivity index (χ3v) is 7.08. The van der Waals surface area contributed by atoms with E-state index in [1.807, 2.05) is 0 Å². The van der Waals surface area contributed by atoms with Gasteiger partial charge < -0.3 is 34.0 Å². The molecule has 0 aromatic heterocycles. The van der Waals surface area contributed by atoms with Gasteiger partial charge in [-0.15, -0.1) is 0 Å². The molecule has 0 radical (unpaired) electrons. The van der Waals surface area contributed by atoms with Crippen molar-refractivity contribution < 1.29 is 60.2 Å². The first-order chi connectivity index (χ1) is 17.5. The van der Waals surface area contributed by atoms with Crippen LogP contribution in [-0.4, -0.2) is 67.8 Å². The van der Waals surface area contributed by atoms with Crippen LogP contribution in [0.25, 0.3) is 0 Å². The summed E-state index contributed by atoms with van der Waals surface area (Å²) < 4.78 is 71.9. The smallest absolute Gasteiger partial charge is 0.466 e. The lowest BCUT2D eigenvalue weighted by Crippen LogP contribution is -2.15. The van der Waals surface area contributed by atoms with E-state index in [1.54, 1.807) is 24.3 Å². The quantitative estimate of drug-likeness (QED) is 0.222. The summed E-state index contributed by atoms with van der Waals surface area (Å²) in [6.45, 7) is -0.252. The Morgan fingerprint density at radius 2 is 1.21 bits per heavy atom. The van der Waals surface area contributed by atoms with E-state index in [9.17, 15) is 26.7 Å². The number of esters is 1. The zero-order valence-corrected chi connectivity index (χ0v) is 22.8. The summed E-state index contributed by atoms with van der Waals surface area (Å²) in [6.07, 6.45) is 1.52. The standard InChI is InChI=1S/C22H24O9S2.H3O4P/c1-32(25,26)17-7-3-15(4-8-17)13-29-20-19(11-12-23)31-22(24)21(20)30-14-16-5-9-18(10-6-16)33(2,27)28;1-5(2,3)4/h3-10,19,23H,11-14H2,1-2H3;(H3,1,2,3,4). The maximum Gasteiger partial charge on any atom is 0.466 e. The van der Waals surface area contributed by atoms with Crippen molar-refractivity contribution in [2.24, 2.45) is 0 Å². The number of ether oxygens (including phenoxy) is 3. The Kier molecular flexibility index (Phi) is 10.6. The minimum atomic E-state index is -4.64. The van der Waals surface area contributed by atoms with Gasteiger partial charge in [0.1, 0.15) is 13.2 Å². The van der Waals surface area contributed by atoms with Crippen LogP contribution in [0.15, 0.2) is 69.8 Å². The second kappa shape index (κ2) is 12.8. The molecule has 13 nitrogen and oxygen atoms in total. The van der Waals surface area contributed by atoms with Crippen LogP contribution in [-0.2, 0) is 56.5 Å². The molecule has 0 spiro atoms. The number of aliphatic hydroxyl groups is 1. The van der Waals surface area contributed by atoms with E-state index in [1.165, 1.54) is 24.3 Å². The molecular weight excluding hydrogens is 567 g/mol. The zero-order valence-electron chi connectivity index (χ0n) is 20.3. The first-order valence-electron chi connectivity index (χ1n) is 10.7. The maximum absolute atomic E-state index is 12.3. The van der Waals surface area contributed by atoms with Crippen LogP contribution >= 0.6 is 7.82 Å². The lowest BCUT2D eigenvalue weighted by atomic mass is 10.2. The van der Waals surface area contributed by atoms with Gasteiger partial charge in [0.25, 0.3) is 0 Å². The van der Waals surface area contributed by atoms with Crippen LogP contribution in [0.5, 0.6) is 0 Å². The van der Waals surface area contributed by atoms with Crippen molar-refractivity contribution in [2.75, 3.05) is 19.1 Å². The monoisotopic (exact) mass is 594 g/mol. The van der Waals surface area contributed by atoms with E-state index in [0.717, 1.165) is 12.5 Å². The predicted molar refractivity (Wildman–Crippen MR) is 132 cm³/mol. The molecule has 0 bridgehead atoms. The van der Waals surface area contributed by atoms with Gasteiger partial charge in [0, 0.05) is 25.5 Å². The molecule has 0 saturated carbocycles. The highest BCUT2D eigenvalue weighted by molar-refractivity contribution is 7.91. The Hall–Kier alpha value is -2.78. The van der Waals surface area contributed by atoms with Crippen LogP contribution < -0.4 is 0 Å². The van der Waals surface area contributed by atoms with Crippen LogP contribution in [0.3, 0.4) is 0 Å². The number of carbonyl (C=O) groups excluding carboxylic acids is 1. The number of carbonyl (C=O) groups is 1. The Labute approximate surface area is 219 Å². The van der Waals surface area contributed by atoms with Crippen LogP contribution in [0.2, 0.25) is 0 Å². The van der Waals surface area contributed by atoms with Crippen molar-refractivity contribution in [3.63, 3.8) is 0 Å². The molecule has 1 atom stereocenters. The third kappa shape index (κ3) is 10.2. The lowest BCUT2D eigenvalue weighted by molar-refractivity contribution is -0.143. The Bertz CT molecular complexity index is 1400.